The van der Waals surface area contributed by atoms with Gasteiger partial charge in [-0.15, -0.1) is 0 Å². The Bertz CT molecular complexity index is 239. The molecular formula is C13H24O2. The zero-order chi connectivity index (χ0) is 11.3. The zero-order valence-electron chi connectivity index (χ0n) is 10.5. The first-order valence-electron chi connectivity index (χ1n) is 6.21. The third kappa shape index (κ3) is 1.45. The molecule has 2 nitrogen and oxygen atoms in total. The number of aliphatic hydroxyl groups is 1. The van der Waals surface area contributed by atoms with Crippen LogP contribution in [-0.2, 0) is 4.74 Å². The van der Waals surface area contributed by atoms with Crippen LogP contribution in [0.25, 0.3) is 0 Å². The molecule has 1 aliphatic carbocycles. The molecule has 0 aromatic heterocycles. The first-order valence-corrected chi connectivity index (χ1v) is 6.21. The van der Waals surface area contributed by atoms with Crippen LogP contribution in [-0.4, -0.2) is 22.4 Å². The molecular weight excluding hydrogens is 188 g/mol. The summed E-state index contributed by atoms with van der Waals surface area (Å²) in [5.41, 5.74) is -0.864. The quantitative estimate of drug-likeness (QED) is 0.669. The summed E-state index contributed by atoms with van der Waals surface area (Å²) in [5, 5.41) is 10.7. The van der Waals surface area contributed by atoms with Crippen molar-refractivity contribution in [1.29, 1.82) is 0 Å². The van der Waals surface area contributed by atoms with Gasteiger partial charge in [-0.3, -0.25) is 0 Å². The number of rotatable bonds is 0. The van der Waals surface area contributed by atoms with E-state index in [0.717, 1.165) is 32.1 Å². The Balaban J connectivity index is 2.38. The first-order chi connectivity index (χ1) is 6.81. The summed E-state index contributed by atoms with van der Waals surface area (Å²) in [6.45, 7) is 8.58. The van der Waals surface area contributed by atoms with Crippen LogP contribution in [0.15, 0.2) is 0 Å². The van der Waals surface area contributed by atoms with E-state index >= 15 is 0 Å². The Labute approximate surface area is 93.0 Å². The summed E-state index contributed by atoms with van der Waals surface area (Å²) in [6.07, 6.45) is 5.54. The normalized spacial score (nSPS) is 49.8. The number of hydrogen-bond acceptors (Lipinski definition) is 2. The molecule has 0 radical (unpaired) electrons. The highest BCUT2D eigenvalue weighted by molar-refractivity contribution is 5.12. The fourth-order valence-electron chi connectivity index (χ4n) is 3.77. The highest BCUT2D eigenvalue weighted by Gasteiger charge is 2.61. The van der Waals surface area contributed by atoms with Crippen LogP contribution in [0.4, 0.5) is 0 Å². The summed E-state index contributed by atoms with van der Waals surface area (Å²) in [5.74, 6) is 0. The van der Waals surface area contributed by atoms with Crippen LogP contribution in [0.2, 0.25) is 0 Å². The second kappa shape index (κ2) is 3.21. The molecule has 0 bridgehead atoms. The predicted octanol–water partition coefficient (Wildman–Crippen LogP) is 2.89. The SMILES string of the molecule is C[C@H]1CC[C@]2(O1)C(C)(C)CCC[C@]2(C)O. The van der Waals surface area contributed by atoms with Crippen LogP contribution in [0, 0.1) is 5.41 Å². The van der Waals surface area contributed by atoms with Crippen molar-refractivity contribution in [3.05, 3.63) is 0 Å². The monoisotopic (exact) mass is 212 g/mol. The highest BCUT2D eigenvalue weighted by Crippen LogP contribution is 2.57. The molecule has 1 saturated heterocycles. The van der Waals surface area contributed by atoms with Gasteiger partial charge >= 0.3 is 0 Å². The lowest BCUT2D eigenvalue weighted by Gasteiger charge is -2.56. The third-order valence-corrected chi connectivity index (χ3v) is 4.73. The second-order valence-corrected chi connectivity index (χ2v) is 6.31. The van der Waals surface area contributed by atoms with Gasteiger partial charge in [0.05, 0.1) is 11.7 Å². The van der Waals surface area contributed by atoms with E-state index < -0.39 is 5.60 Å². The van der Waals surface area contributed by atoms with E-state index in [0.29, 0.717) is 6.10 Å². The van der Waals surface area contributed by atoms with Gasteiger partial charge in [-0.05, 0) is 51.4 Å². The molecule has 2 aliphatic rings. The molecule has 1 spiro atoms. The van der Waals surface area contributed by atoms with Gasteiger partial charge in [0.2, 0.25) is 0 Å². The van der Waals surface area contributed by atoms with Crippen LogP contribution in [0.3, 0.4) is 0 Å². The molecule has 2 rings (SSSR count). The largest absolute Gasteiger partial charge is 0.387 e. The minimum atomic E-state index is -0.653. The van der Waals surface area contributed by atoms with Gasteiger partial charge in [0.1, 0.15) is 5.60 Å². The van der Waals surface area contributed by atoms with E-state index in [1.54, 1.807) is 0 Å². The maximum absolute atomic E-state index is 10.7. The molecule has 15 heavy (non-hydrogen) atoms. The van der Waals surface area contributed by atoms with Crippen molar-refractivity contribution in [2.45, 2.75) is 77.1 Å². The van der Waals surface area contributed by atoms with Gasteiger partial charge in [-0.25, -0.2) is 0 Å². The Morgan fingerprint density at radius 1 is 1.13 bits per heavy atom. The number of ether oxygens (including phenoxy) is 1. The molecule has 0 aromatic carbocycles. The lowest BCUT2D eigenvalue weighted by Crippen LogP contribution is -2.63. The molecule has 1 N–H and O–H groups in total. The van der Waals surface area contributed by atoms with E-state index in [2.05, 4.69) is 20.8 Å². The molecule has 88 valence electrons. The van der Waals surface area contributed by atoms with Crippen molar-refractivity contribution >= 4 is 0 Å². The topological polar surface area (TPSA) is 29.5 Å². The van der Waals surface area contributed by atoms with Crippen LogP contribution >= 0.6 is 0 Å². The average Bonchev–Trinajstić information content (AvgIpc) is 2.46. The minimum absolute atomic E-state index is 0.0967. The Morgan fingerprint density at radius 3 is 2.27 bits per heavy atom. The summed E-state index contributed by atoms with van der Waals surface area (Å²) < 4.78 is 6.17. The van der Waals surface area contributed by atoms with Crippen molar-refractivity contribution in [2.75, 3.05) is 0 Å². The molecule has 0 amide bonds. The van der Waals surface area contributed by atoms with Crippen molar-refractivity contribution in [3.63, 3.8) is 0 Å². The molecule has 0 unspecified atom stereocenters. The lowest BCUT2D eigenvalue weighted by molar-refractivity contribution is -0.239. The Hall–Kier alpha value is -0.0800. The van der Waals surface area contributed by atoms with Gasteiger partial charge in [0.15, 0.2) is 0 Å². The lowest BCUT2D eigenvalue weighted by atomic mass is 9.57. The minimum Gasteiger partial charge on any atom is -0.387 e. The van der Waals surface area contributed by atoms with Gasteiger partial charge in [0, 0.05) is 0 Å². The van der Waals surface area contributed by atoms with E-state index in [9.17, 15) is 5.11 Å². The van der Waals surface area contributed by atoms with E-state index in [1.165, 1.54) is 0 Å². The standard InChI is InChI=1S/C13H24O2/c1-10-6-9-13(15-10)11(2,3)7-5-8-12(13,4)14/h10,14H,5-9H2,1-4H3/t10-,12-,13-/m0/s1. The van der Waals surface area contributed by atoms with Gasteiger partial charge in [-0.1, -0.05) is 13.8 Å². The van der Waals surface area contributed by atoms with Crippen LogP contribution in [0.1, 0.15) is 59.8 Å². The van der Waals surface area contributed by atoms with E-state index in [1.807, 2.05) is 6.92 Å². The van der Waals surface area contributed by atoms with Crippen LogP contribution < -0.4 is 0 Å². The third-order valence-electron chi connectivity index (χ3n) is 4.73. The molecule has 1 aliphatic heterocycles. The Morgan fingerprint density at radius 2 is 1.80 bits per heavy atom. The van der Waals surface area contributed by atoms with Crippen LogP contribution in [0.5, 0.6) is 0 Å². The highest BCUT2D eigenvalue weighted by atomic mass is 16.5. The fourth-order valence-corrected chi connectivity index (χ4v) is 3.77. The second-order valence-electron chi connectivity index (χ2n) is 6.31. The predicted molar refractivity (Wildman–Crippen MR) is 60.8 cm³/mol. The summed E-state index contributed by atoms with van der Waals surface area (Å²) >= 11 is 0. The van der Waals surface area contributed by atoms with Crippen molar-refractivity contribution in [3.8, 4) is 0 Å². The smallest absolute Gasteiger partial charge is 0.102 e. The van der Waals surface area contributed by atoms with Crippen molar-refractivity contribution in [2.24, 2.45) is 5.41 Å². The van der Waals surface area contributed by atoms with E-state index in [-0.39, 0.29) is 11.0 Å². The van der Waals surface area contributed by atoms with Crippen molar-refractivity contribution in [1.82, 2.24) is 0 Å². The fraction of sp³-hybridized carbons (Fsp3) is 1.00. The maximum atomic E-state index is 10.7. The number of hydrogen-bond donors (Lipinski definition) is 1. The van der Waals surface area contributed by atoms with Gasteiger partial charge in [-0.2, -0.15) is 0 Å². The average molecular weight is 212 g/mol. The summed E-state index contributed by atoms with van der Waals surface area (Å²) in [6, 6.07) is 0. The molecule has 2 heteroatoms. The summed E-state index contributed by atoms with van der Waals surface area (Å²) in [4.78, 5) is 0. The summed E-state index contributed by atoms with van der Waals surface area (Å²) in [7, 11) is 0. The Kier molecular flexibility index (Phi) is 2.44. The molecule has 3 atom stereocenters. The van der Waals surface area contributed by atoms with Gasteiger partial charge in [0.25, 0.3) is 0 Å². The molecule has 0 aromatic rings. The zero-order valence-corrected chi connectivity index (χ0v) is 10.5. The molecule has 1 saturated carbocycles. The van der Waals surface area contributed by atoms with Gasteiger partial charge < -0.3 is 9.84 Å². The molecule has 2 fully saturated rings. The maximum Gasteiger partial charge on any atom is 0.102 e. The van der Waals surface area contributed by atoms with Crippen molar-refractivity contribution < 1.29 is 9.84 Å². The van der Waals surface area contributed by atoms with E-state index in [4.69, 9.17) is 4.74 Å². The molecule has 1 heterocycles. The first kappa shape index (κ1) is 11.4.